The maximum atomic E-state index is 12.5. The highest BCUT2D eigenvalue weighted by molar-refractivity contribution is 6.35. The van der Waals surface area contributed by atoms with Crippen LogP contribution in [0.5, 0.6) is 0 Å². The predicted octanol–water partition coefficient (Wildman–Crippen LogP) is 3.25. The first-order valence-electron chi connectivity index (χ1n) is 6.22. The molecule has 0 aliphatic rings. The molecule has 0 aliphatic carbocycles. The van der Waals surface area contributed by atoms with E-state index in [2.05, 4.69) is 4.74 Å². The average molecular weight is 304 g/mol. The summed E-state index contributed by atoms with van der Waals surface area (Å²) in [5.41, 5.74) is 8.04. The molecule has 0 aliphatic heterocycles. The van der Waals surface area contributed by atoms with Crippen molar-refractivity contribution in [1.82, 2.24) is 0 Å². The van der Waals surface area contributed by atoms with Crippen molar-refractivity contribution in [2.24, 2.45) is 0 Å². The molecule has 0 fully saturated rings. The second kappa shape index (κ2) is 5.97. The van der Waals surface area contributed by atoms with Gasteiger partial charge in [-0.05, 0) is 48.9 Å². The number of benzene rings is 2. The van der Waals surface area contributed by atoms with Crippen LogP contribution in [-0.2, 0) is 4.74 Å². The highest BCUT2D eigenvalue weighted by Crippen LogP contribution is 2.24. The van der Waals surface area contributed by atoms with E-state index in [-0.39, 0.29) is 5.78 Å². The lowest BCUT2D eigenvalue weighted by Gasteiger charge is -2.09. The summed E-state index contributed by atoms with van der Waals surface area (Å²) in [6, 6.07) is 9.51. The number of halogens is 1. The van der Waals surface area contributed by atoms with Gasteiger partial charge >= 0.3 is 5.97 Å². The van der Waals surface area contributed by atoms with E-state index in [9.17, 15) is 9.59 Å². The standard InChI is InChI=1S/C16H14ClNO3/c1-9-7-10(16(20)21-2)3-5-12(9)15(19)13-6-4-11(18)8-14(13)17/h3-8H,18H2,1-2H3. The van der Waals surface area contributed by atoms with Gasteiger partial charge in [-0.1, -0.05) is 11.6 Å². The Morgan fingerprint density at radius 2 is 1.76 bits per heavy atom. The fourth-order valence-electron chi connectivity index (χ4n) is 2.02. The molecule has 4 nitrogen and oxygen atoms in total. The number of carbonyl (C=O) groups excluding carboxylic acids is 2. The number of rotatable bonds is 3. The first kappa shape index (κ1) is 15.1. The third-order valence-corrected chi connectivity index (χ3v) is 3.44. The Bertz CT molecular complexity index is 725. The summed E-state index contributed by atoms with van der Waals surface area (Å²) < 4.78 is 4.65. The van der Waals surface area contributed by atoms with Crippen molar-refractivity contribution in [2.45, 2.75) is 6.92 Å². The van der Waals surface area contributed by atoms with Crippen LogP contribution >= 0.6 is 11.6 Å². The highest BCUT2D eigenvalue weighted by Gasteiger charge is 2.16. The van der Waals surface area contributed by atoms with Gasteiger partial charge in [0, 0.05) is 16.8 Å². The highest BCUT2D eigenvalue weighted by atomic mass is 35.5. The van der Waals surface area contributed by atoms with Gasteiger partial charge in [0.05, 0.1) is 17.7 Å². The number of esters is 1. The number of aryl methyl sites for hydroxylation is 1. The Hall–Kier alpha value is -2.33. The summed E-state index contributed by atoms with van der Waals surface area (Å²) in [6.45, 7) is 1.75. The maximum Gasteiger partial charge on any atom is 0.337 e. The molecule has 5 heteroatoms. The van der Waals surface area contributed by atoms with Gasteiger partial charge in [0.1, 0.15) is 0 Å². The zero-order valence-electron chi connectivity index (χ0n) is 11.6. The number of carbonyl (C=O) groups is 2. The van der Waals surface area contributed by atoms with E-state index >= 15 is 0 Å². The van der Waals surface area contributed by atoms with Crippen LogP contribution < -0.4 is 5.73 Å². The van der Waals surface area contributed by atoms with E-state index in [0.29, 0.717) is 33.0 Å². The first-order valence-corrected chi connectivity index (χ1v) is 6.60. The van der Waals surface area contributed by atoms with Gasteiger partial charge in [0.25, 0.3) is 0 Å². The number of ether oxygens (including phenoxy) is 1. The van der Waals surface area contributed by atoms with Crippen LogP contribution in [0.2, 0.25) is 5.02 Å². The Morgan fingerprint density at radius 1 is 1.10 bits per heavy atom. The summed E-state index contributed by atoms with van der Waals surface area (Å²) >= 11 is 6.06. The number of ketones is 1. The van der Waals surface area contributed by atoms with Gasteiger partial charge < -0.3 is 10.5 Å². The number of anilines is 1. The van der Waals surface area contributed by atoms with Crippen molar-refractivity contribution >= 4 is 29.0 Å². The molecule has 2 rings (SSSR count). The number of nitrogen functional groups attached to an aromatic ring is 1. The second-order valence-electron chi connectivity index (χ2n) is 4.59. The number of hydrogen-bond donors (Lipinski definition) is 1. The van der Waals surface area contributed by atoms with Gasteiger partial charge in [0.2, 0.25) is 0 Å². The molecule has 0 amide bonds. The number of methoxy groups -OCH3 is 1. The largest absolute Gasteiger partial charge is 0.465 e. The van der Waals surface area contributed by atoms with Crippen molar-refractivity contribution < 1.29 is 14.3 Å². The number of nitrogens with two attached hydrogens (primary N) is 1. The summed E-state index contributed by atoms with van der Waals surface area (Å²) in [5, 5.41) is 0.302. The molecule has 2 aromatic carbocycles. The second-order valence-corrected chi connectivity index (χ2v) is 5.00. The Morgan fingerprint density at radius 3 is 2.33 bits per heavy atom. The van der Waals surface area contributed by atoms with E-state index in [0.717, 1.165) is 0 Å². The van der Waals surface area contributed by atoms with E-state index in [1.54, 1.807) is 37.3 Å². The fourth-order valence-corrected chi connectivity index (χ4v) is 2.30. The van der Waals surface area contributed by atoms with Crippen molar-refractivity contribution in [3.05, 3.63) is 63.7 Å². The number of hydrogen-bond acceptors (Lipinski definition) is 4. The normalized spacial score (nSPS) is 10.2. The minimum Gasteiger partial charge on any atom is -0.465 e. The van der Waals surface area contributed by atoms with Crippen molar-refractivity contribution in [2.75, 3.05) is 12.8 Å². The monoisotopic (exact) mass is 303 g/mol. The van der Waals surface area contributed by atoms with Crippen LogP contribution in [0.3, 0.4) is 0 Å². The van der Waals surface area contributed by atoms with Gasteiger partial charge in [0.15, 0.2) is 5.78 Å². The Kier molecular flexibility index (Phi) is 4.29. The molecular formula is C16H14ClNO3. The molecule has 108 valence electrons. The smallest absolute Gasteiger partial charge is 0.337 e. The molecule has 0 aromatic heterocycles. The molecule has 21 heavy (non-hydrogen) atoms. The SMILES string of the molecule is COC(=O)c1ccc(C(=O)c2ccc(N)cc2Cl)c(C)c1. The molecule has 0 spiro atoms. The molecule has 2 N–H and O–H groups in total. The molecular weight excluding hydrogens is 290 g/mol. The maximum absolute atomic E-state index is 12.5. The van der Waals surface area contributed by atoms with Crippen LogP contribution in [-0.4, -0.2) is 18.9 Å². The van der Waals surface area contributed by atoms with Crippen LogP contribution in [0, 0.1) is 6.92 Å². The predicted molar refractivity (Wildman–Crippen MR) is 81.8 cm³/mol. The zero-order chi connectivity index (χ0) is 15.6. The molecule has 0 saturated heterocycles. The zero-order valence-corrected chi connectivity index (χ0v) is 12.4. The Labute approximate surface area is 127 Å². The van der Waals surface area contributed by atoms with Crippen LogP contribution in [0.1, 0.15) is 31.8 Å². The molecule has 0 saturated carbocycles. The first-order chi connectivity index (χ1) is 9.93. The quantitative estimate of drug-likeness (QED) is 0.537. The fraction of sp³-hybridized carbons (Fsp3) is 0.125. The van der Waals surface area contributed by atoms with Crippen LogP contribution in [0.25, 0.3) is 0 Å². The van der Waals surface area contributed by atoms with Crippen molar-refractivity contribution in [1.29, 1.82) is 0 Å². The lowest BCUT2D eigenvalue weighted by atomic mass is 9.97. The van der Waals surface area contributed by atoms with Crippen LogP contribution in [0.4, 0.5) is 5.69 Å². The molecule has 0 radical (unpaired) electrons. The average Bonchev–Trinajstić information content (AvgIpc) is 2.45. The van der Waals surface area contributed by atoms with Crippen molar-refractivity contribution in [3.8, 4) is 0 Å². The minimum absolute atomic E-state index is 0.214. The molecule has 0 atom stereocenters. The topological polar surface area (TPSA) is 69.4 Å². The summed E-state index contributed by atoms with van der Waals surface area (Å²) in [5.74, 6) is -0.656. The molecule has 2 aromatic rings. The van der Waals surface area contributed by atoms with Gasteiger partial charge in [-0.2, -0.15) is 0 Å². The third kappa shape index (κ3) is 3.06. The van der Waals surface area contributed by atoms with Crippen molar-refractivity contribution in [3.63, 3.8) is 0 Å². The minimum atomic E-state index is -0.442. The van der Waals surface area contributed by atoms with Gasteiger partial charge in [-0.15, -0.1) is 0 Å². The summed E-state index contributed by atoms with van der Waals surface area (Å²) in [7, 11) is 1.31. The summed E-state index contributed by atoms with van der Waals surface area (Å²) in [6.07, 6.45) is 0. The third-order valence-electron chi connectivity index (χ3n) is 3.13. The van der Waals surface area contributed by atoms with E-state index in [1.165, 1.54) is 13.2 Å². The van der Waals surface area contributed by atoms with Gasteiger partial charge in [-0.25, -0.2) is 4.79 Å². The summed E-state index contributed by atoms with van der Waals surface area (Å²) in [4.78, 5) is 24.0. The van der Waals surface area contributed by atoms with E-state index in [4.69, 9.17) is 17.3 Å². The Balaban J connectivity index is 2.42. The van der Waals surface area contributed by atoms with Gasteiger partial charge in [-0.3, -0.25) is 4.79 Å². The molecule has 0 bridgehead atoms. The lowest BCUT2D eigenvalue weighted by molar-refractivity contribution is 0.0600. The molecule has 0 unspecified atom stereocenters. The van der Waals surface area contributed by atoms with Crippen LogP contribution in [0.15, 0.2) is 36.4 Å². The lowest BCUT2D eigenvalue weighted by Crippen LogP contribution is -2.07. The van der Waals surface area contributed by atoms with E-state index < -0.39 is 5.97 Å². The van der Waals surface area contributed by atoms with E-state index in [1.807, 2.05) is 0 Å². The molecule has 0 heterocycles.